The van der Waals surface area contributed by atoms with Gasteiger partial charge in [0.05, 0.1) is 13.2 Å². The van der Waals surface area contributed by atoms with Crippen LogP contribution < -0.4 is 9.47 Å². The number of benzene rings is 3. The number of ether oxygens (including phenoxy) is 6. The van der Waals surface area contributed by atoms with Crippen LogP contribution in [0.2, 0.25) is 0 Å². The molecule has 0 radical (unpaired) electrons. The molecule has 0 bridgehead atoms. The first kappa shape index (κ1) is 39.1. The Hall–Kier alpha value is -3.36. The SMILES string of the molecule is CCCCCOCC(COc1c2ccccc2c(OCC(COCCCCC)OC(=O)CCCC)c2ccccc12)OC(=O)CCCC. The molecule has 0 spiro atoms. The lowest BCUT2D eigenvalue weighted by Gasteiger charge is -2.23. The van der Waals surface area contributed by atoms with E-state index >= 15 is 0 Å². The van der Waals surface area contributed by atoms with Crippen molar-refractivity contribution in [1.82, 2.24) is 0 Å². The summed E-state index contributed by atoms with van der Waals surface area (Å²) in [6.45, 7) is 10.5. The van der Waals surface area contributed by atoms with Crippen molar-refractivity contribution in [2.45, 2.75) is 117 Å². The smallest absolute Gasteiger partial charge is 0.306 e. The molecule has 0 N–H and O–H groups in total. The van der Waals surface area contributed by atoms with Crippen molar-refractivity contribution in [2.75, 3.05) is 39.6 Å². The number of rotatable bonds is 26. The first-order valence-corrected chi connectivity index (χ1v) is 18.3. The highest BCUT2D eigenvalue weighted by atomic mass is 16.6. The number of esters is 2. The van der Waals surface area contributed by atoms with E-state index in [9.17, 15) is 9.59 Å². The van der Waals surface area contributed by atoms with Gasteiger partial charge in [-0.15, -0.1) is 0 Å². The van der Waals surface area contributed by atoms with E-state index in [0.717, 1.165) is 85.8 Å². The van der Waals surface area contributed by atoms with Crippen LogP contribution in [-0.4, -0.2) is 63.8 Å². The van der Waals surface area contributed by atoms with Gasteiger partial charge in [0.1, 0.15) is 24.7 Å². The fraction of sp³-hybridized carbons (Fsp3) is 0.600. The average molecular weight is 667 g/mol. The number of unbranched alkanes of at least 4 members (excludes halogenated alkanes) is 6. The monoisotopic (exact) mass is 666 g/mol. The van der Waals surface area contributed by atoms with Crippen LogP contribution in [0.3, 0.4) is 0 Å². The first-order chi connectivity index (χ1) is 23.5. The normalized spacial score (nSPS) is 12.6. The van der Waals surface area contributed by atoms with Crippen molar-refractivity contribution in [2.24, 2.45) is 0 Å². The zero-order valence-corrected chi connectivity index (χ0v) is 29.8. The molecule has 8 nitrogen and oxygen atoms in total. The molecule has 48 heavy (non-hydrogen) atoms. The quantitative estimate of drug-likeness (QED) is 0.0476. The lowest BCUT2D eigenvalue weighted by atomic mass is 10.0. The molecule has 3 aromatic rings. The first-order valence-electron chi connectivity index (χ1n) is 18.3. The third kappa shape index (κ3) is 13.3. The van der Waals surface area contributed by atoms with Gasteiger partial charge in [-0.05, 0) is 25.7 Å². The summed E-state index contributed by atoms with van der Waals surface area (Å²) in [6.07, 6.45) is 9.42. The van der Waals surface area contributed by atoms with Crippen molar-refractivity contribution in [3.63, 3.8) is 0 Å². The van der Waals surface area contributed by atoms with E-state index in [4.69, 9.17) is 28.4 Å². The molecule has 0 aliphatic carbocycles. The van der Waals surface area contributed by atoms with Crippen LogP contribution in [0.25, 0.3) is 21.5 Å². The van der Waals surface area contributed by atoms with E-state index in [-0.39, 0.29) is 38.4 Å². The second-order valence-electron chi connectivity index (χ2n) is 12.4. The van der Waals surface area contributed by atoms with Gasteiger partial charge in [-0.1, -0.05) is 115 Å². The second-order valence-corrected chi connectivity index (χ2v) is 12.4. The highest BCUT2D eigenvalue weighted by molar-refractivity contribution is 6.11. The van der Waals surface area contributed by atoms with E-state index < -0.39 is 12.2 Å². The van der Waals surface area contributed by atoms with Gasteiger partial charge < -0.3 is 28.4 Å². The third-order valence-corrected chi connectivity index (χ3v) is 8.12. The van der Waals surface area contributed by atoms with Gasteiger partial charge in [0.2, 0.25) is 0 Å². The molecule has 0 saturated heterocycles. The van der Waals surface area contributed by atoms with E-state index in [1.807, 2.05) is 48.5 Å². The summed E-state index contributed by atoms with van der Waals surface area (Å²) in [5.41, 5.74) is 0. The fourth-order valence-electron chi connectivity index (χ4n) is 5.41. The lowest BCUT2D eigenvalue weighted by Crippen LogP contribution is -2.30. The minimum Gasteiger partial charge on any atom is -0.488 e. The van der Waals surface area contributed by atoms with E-state index in [2.05, 4.69) is 27.7 Å². The standard InChI is InChI=1S/C40H58O8/c1-5-9-17-25-43-27-31(47-37(41)23-11-7-3)29-45-39-33-19-13-15-21-35(33)40(36-22-16-14-20-34(36)39)46-30-32(28-44-26-18-10-6-2)48-38(42)24-12-8-4/h13-16,19-22,31-32H,5-12,17-18,23-30H2,1-4H3. The molecular formula is C40H58O8. The van der Waals surface area contributed by atoms with Crippen LogP contribution in [0.4, 0.5) is 0 Å². The Morgan fingerprint density at radius 2 is 0.854 bits per heavy atom. The Morgan fingerprint density at radius 3 is 1.19 bits per heavy atom. The zero-order chi connectivity index (χ0) is 34.4. The molecule has 2 atom stereocenters. The summed E-state index contributed by atoms with van der Waals surface area (Å²) in [4.78, 5) is 25.2. The Kier molecular flexibility index (Phi) is 18.8. The number of hydrogen-bond acceptors (Lipinski definition) is 8. The molecule has 0 aliphatic heterocycles. The maximum absolute atomic E-state index is 12.6. The Morgan fingerprint density at radius 1 is 0.500 bits per heavy atom. The zero-order valence-electron chi connectivity index (χ0n) is 29.8. The van der Waals surface area contributed by atoms with Crippen molar-refractivity contribution in [3.8, 4) is 11.5 Å². The molecule has 0 amide bonds. The third-order valence-electron chi connectivity index (χ3n) is 8.12. The van der Waals surface area contributed by atoms with Crippen LogP contribution in [-0.2, 0) is 28.5 Å². The molecule has 0 fully saturated rings. The maximum Gasteiger partial charge on any atom is 0.306 e. The van der Waals surface area contributed by atoms with Gasteiger partial charge in [-0.25, -0.2) is 0 Å². The summed E-state index contributed by atoms with van der Waals surface area (Å²) in [5.74, 6) is 0.910. The topological polar surface area (TPSA) is 89.5 Å². The summed E-state index contributed by atoms with van der Waals surface area (Å²) >= 11 is 0. The van der Waals surface area contributed by atoms with E-state index in [1.165, 1.54) is 0 Å². The highest BCUT2D eigenvalue weighted by Crippen LogP contribution is 2.42. The van der Waals surface area contributed by atoms with Gasteiger partial charge in [-0.2, -0.15) is 0 Å². The van der Waals surface area contributed by atoms with Crippen molar-refractivity contribution < 1.29 is 38.0 Å². The van der Waals surface area contributed by atoms with Crippen molar-refractivity contribution >= 4 is 33.5 Å². The molecule has 3 aromatic carbocycles. The molecule has 266 valence electrons. The predicted octanol–water partition coefficient (Wildman–Crippen LogP) is 9.37. The second kappa shape index (κ2) is 23.1. The average Bonchev–Trinajstić information content (AvgIpc) is 3.10. The van der Waals surface area contributed by atoms with E-state index in [0.29, 0.717) is 37.6 Å². The molecule has 8 heteroatoms. The van der Waals surface area contributed by atoms with Gasteiger partial charge in [0.15, 0.2) is 12.2 Å². The summed E-state index contributed by atoms with van der Waals surface area (Å²) in [6, 6.07) is 15.9. The van der Waals surface area contributed by atoms with Crippen LogP contribution in [0.15, 0.2) is 48.5 Å². The highest BCUT2D eigenvalue weighted by Gasteiger charge is 2.22. The largest absolute Gasteiger partial charge is 0.488 e. The van der Waals surface area contributed by atoms with Gasteiger partial charge in [0.25, 0.3) is 0 Å². The van der Waals surface area contributed by atoms with Gasteiger partial charge in [-0.3, -0.25) is 9.59 Å². The molecular weight excluding hydrogens is 608 g/mol. The number of carbonyl (C=O) groups is 2. The number of fused-ring (bicyclic) bond motifs is 2. The van der Waals surface area contributed by atoms with Crippen LogP contribution in [0.1, 0.15) is 105 Å². The minimum atomic E-state index is -0.537. The molecule has 0 aliphatic rings. The maximum atomic E-state index is 12.6. The summed E-state index contributed by atoms with van der Waals surface area (Å²) in [7, 11) is 0. The van der Waals surface area contributed by atoms with Gasteiger partial charge in [0, 0.05) is 47.6 Å². The summed E-state index contributed by atoms with van der Waals surface area (Å²) in [5, 5.41) is 3.49. The van der Waals surface area contributed by atoms with E-state index in [1.54, 1.807) is 0 Å². The minimum absolute atomic E-state index is 0.158. The van der Waals surface area contributed by atoms with Crippen LogP contribution >= 0.6 is 0 Å². The molecule has 3 rings (SSSR count). The predicted molar refractivity (Wildman–Crippen MR) is 192 cm³/mol. The molecule has 2 unspecified atom stereocenters. The number of carbonyl (C=O) groups excluding carboxylic acids is 2. The van der Waals surface area contributed by atoms with Crippen LogP contribution in [0.5, 0.6) is 11.5 Å². The number of hydrogen-bond donors (Lipinski definition) is 0. The summed E-state index contributed by atoms with van der Waals surface area (Å²) < 4.78 is 36.6. The van der Waals surface area contributed by atoms with Gasteiger partial charge >= 0.3 is 11.9 Å². The van der Waals surface area contributed by atoms with Crippen LogP contribution in [0, 0.1) is 0 Å². The Labute approximate surface area is 287 Å². The Bertz CT molecular complexity index is 1200. The lowest BCUT2D eigenvalue weighted by molar-refractivity contribution is -0.155. The fourth-order valence-corrected chi connectivity index (χ4v) is 5.41. The molecule has 0 saturated carbocycles. The van der Waals surface area contributed by atoms with Crippen molar-refractivity contribution in [1.29, 1.82) is 0 Å². The molecule has 0 heterocycles. The molecule has 0 aromatic heterocycles. The Balaban J connectivity index is 1.85. The van der Waals surface area contributed by atoms with Crippen molar-refractivity contribution in [3.05, 3.63) is 48.5 Å².